The molecular weight excluding hydrogens is 318 g/mol. The number of nitrogens with zero attached hydrogens (tertiary/aromatic N) is 1. The Morgan fingerprint density at radius 1 is 1.17 bits per heavy atom. The van der Waals surface area contributed by atoms with Gasteiger partial charge in [0.1, 0.15) is 18.1 Å². The molecule has 0 atom stereocenters. The zero-order valence-corrected chi connectivity index (χ0v) is 12.7. The Morgan fingerprint density at radius 3 is 2.57 bits per heavy atom. The lowest BCUT2D eigenvalue weighted by atomic mass is 10.1. The van der Waals surface area contributed by atoms with Gasteiger partial charge in [-0.3, -0.25) is 0 Å². The van der Waals surface area contributed by atoms with E-state index in [9.17, 15) is 4.79 Å². The van der Waals surface area contributed by atoms with E-state index >= 15 is 0 Å². The molecule has 0 spiro atoms. The van der Waals surface area contributed by atoms with Crippen LogP contribution in [0.5, 0.6) is 5.75 Å². The summed E-state index contributed by atoms with van der Waals surface area (Å²) in [5.74, 6) is -0.708. The predicted molar refractivity (Wildman–Crippen MR) is 84.7 cm³/mol. The van der Waals surface area contributed by atoms with Gasteiger partial charge >= 0.3 is 5.97 Å². The molecule has 0 radical (unpaired) electrons. The summed E-state index contributed by atoms with van der Waals surface area (Å²) in [7, 11) is 0. The Bertz CT molecular complexity index is 827. The Hall–Kier alpha value is -2.79. The van der Waals surface area contributed by atoms with E-state index in [1.54, 1.807) is 12.1 Å². The molecule has 116 valence electrons. The molecule has 23 heavy (non-hydrogen) atoms. The SMILES string of the molecule is O=C(O)c1cc(-c2ccc(COc3ccccc3Cl)cc2)no1. The molecule has 1 N–H and O–H groups in total. The van der Waals surface area contributed by atoms with Crippen LogP contribution in [-0.2, 0) is 6.61 Å². The number of carboxylic acids is 1. The molecule has 0 aliphatic carbocycles. The second kappa shape index (κ2) is 6.54. The monoisotopic (exact) mass is 329 g/mol. The van der Waals surface area contributed by atoms with Crippen molar-refractivity contribution in [1.82, 2.24) is 5.16 Å². The standard InChI is InChI=1S/C17H12ClNO4/c18-13-3-1-2-4-15(13)22-10-11-5-7-12(8-6-11)14-9-16(17(20)21)23-19-14/h1-9H,10H2,(H,20,21). The van der Waals surface area contributed by atoms with Crippen LogP contribution in [0.15, 0.2) is 59.1 Å². The fraction of sp³-hybridized carbons (Fsp3) is 0.0588. The summed E-state index contributed by atoms with van der Waals surface area (Å²) in [6.45, 7) is 0.378. The number of halogens is 1. The third-order valence-electron chi connectivity index (χ3n) is 3.20. The van der Waals surface area contributed by atoms with Gasteiger partial charge in [0.15, 0.2) is 0 Å². The van der Waals surface area contributed by atoms with Gasteiger partial charge < -0.3 is 14.4 Å². The molecular formula is C17H12ClNO4. The minimum atomic E-state index is -1.14. The number of ether oxygens (including phenoxy) is 1. The van der Waals surface area contributed by atoms with Crippen LogP contribution in [0.4, 0.5) is 0 Å². The quantitative estimate of drug-likeness (QED) is 0.756. The zero-order valence-electron chi connectivity index (χ0n) is 11.9. The van der Waals surface area contributed by atoms with Gasteiger partial charge in [-0.05, 0) is 17.7 Å². The van der Waals surface area contributed by atoms with Crippen LogP contribution in [0.25, 0.3) is 11.3 Å². The maximum Gasteiger partial charge on any atom is 0.374 e. The second-order valence-electron chi connectivity index (χ2n) is 4.80. The van der Waals surface area contributed by atoms with Gasteiger partial charge in [-0.2, -0.15) is 0 Å². The molecule has 2 aromatic carbocycles. The molecule has 0 aliphatic heterocycles. The lowest BCUT2D eigenvalue weighted by Crippen LogP contribution is -1.95. The highest BCUT2D eigenvalue weighted by atomic mass is 35.5. The lowest BCUT2D eigenvalue weighted by Gasteiger charge is -2.08. The maximum atomic E-state index is 10.8. The summed E-state index contributed by atoms with van der Waals surface area (Å²) in [5.41, 5.74) is 2.19. The Labute approximate surface area is 137 Å². The van der Waals surface area contributed by atoms with Crippen molar-refractivity contribution in [3.05, 3.63) is 70.9 Å². The van der Waals surface area contributed by atoms with Crippen LogP contribution in [0.1, 0.15) is 16.1 Å². The number of rotatable bonds is 5. The Balaban J connectivity index is 1.69. The highest BCUT2D eigenvalue weighted by molar-refractivity contribution is 6.32. The minimum absolute atomic E-state index is 0.189. The fourth-order valence-corrected chi connectivity index (χ4v) is 2.20. The van der Waals surface area contributed by atoms with Crippen molar-refractivity contribution < 1.29 is 19.2 Å². The fourth-order valence-electron chi connectivity index (χ4n) is 2.01. The lowest BCUT2D eigenvalue weighted by molar-refractivity contribution is 0.0652. The van der Waals surface area contributed by atoms with E-state index < -0.39 is 5.97 Å². The number of aromatic carboxylic acids is 1. The summed E-state index contributed by atoms with van der Waals surface area (Å²) >= 11 is 6.03. The van der Waals surface area contributed by atoms with Gasteiger partial charge in [0.05, 0.1) is 5.02 Å². The molecule has 0 saturated carbocycles. The van der Waals surface area contributed by atoms with Crippen molar-refractivity contribution in [1.29, 1.82) is 0 Å². The number of benzene rings is 2. The first-order chi connectivity index (χ1) is 11.1. The van der Waals surface area contributed by atoms with Crippen molar-refractivity contribution >= 4 is 17.6 Å². The van der Waals surface area contributed by atoms with Gasteiger partial charge in [0.2, 0.25) is 5.76 Å². The highest BCUT2D eigenvalue weighted by Gasteiger charge is 2.12. The summed E-state index contributed by atoms with van der Waals surface area (Å²) in [6, 6.07) is 16.1. The minimum Gasteiger partial charge on any atom is -0.487 e. The third kappa shape index (κ3) is 3.52. The Kier molecular flexibility index (Phi) is 4.30. The van der Waals surface area contributed by atoms with Gasteiger partial charge in [-0.1, -0.05) is 53.2 Å². The first kappa shape index (κ1) is 15.1. The molecule has 0 saturated heterocycles. The van der Waals surface area contributed by atoms with Crippen molar-refractivity contribution in [2.45, 2.75) is 6.61 Å². The van der Waals surface area contributed by atoms with E-state index in [2.05, 4.69) is 5.16 Å². The van der Waals surface area contributed by atoms with Crippen molar-refractivity contribution in [3.8, 4) is 17.0 Å². The summed E-state index contributed by atoms with van der Waals surface area (Å²) in [6.07, 6.45) is 0. The van der Waals surface area contributed by atoms with Crippen LogP contribution >= 0.6 is 11.6 Å². The molecule has 3 rings (SSSR count). The number of hydrogen-bond acceptors (Lipinski definition) is 4. The molecule has 0 unspecified atom stereocenters. The molecule has 1 aromatic heterocycles. The van der Waals surface area contributed by atoms with Gasteiger partial charge in [-0.15, -0.1) is 0 Å². The summed E-state index contributed by atoms with van der Waals surface area (Å²) in [5, 5.41) is 13.1. The highest BCUT2D eigenvalue weighted by Crippen LogP contribution is 2.25. The first-order valence-corrected chi connectivity index (χ1v) is 7.18. The molecule has 0 bridgehead atoms. The van der Waals surface area contributed by atoms with E-state index in [1.807, 2.05) is 36.4 Å². The van der Waals surface area contributed by atoms with E-state index in [1.165, 1.54) is 6.07 Å². The summed E-state index contributed by atoms with van der Waals surface area (Å²) in [4.78, 5) is 10.8. The number of carboxylic acid groups (broad SMARTS) is 1. The van der Waals surface area contributed by atoms with Gasteiger partial charge in [-0.25, -0.2) is 4.79 Å². The van der Waals surface area contributed by atoms with E-state index in [0.29, 0.717) is 23.1 Å². The molecule has 1 heterocycles. The smallest absolute Gasteiger partial charge is 0.374 e. The average Bonchev–Trinajstić information content (AvgIpc) is 3.05. The topological polar surface area (TPSA) is 72.6 Å². The maximum absolute atomic E-state index is 10.8. The van der Waals surface area contributed by atoms with Crippen LogP contribution in [0.3, 0.4) is 0 Å². The molecule has 3 aromatic rings. The number of hydrogen-bond donors (Lipinski definition) is 1. The number of carbonyl (C=O) groups is 1. The van der Waals surface area contributed by atoms with Crippen molar-refractivity contribution in [2.24, 2.45) is 0 Å². The molecule has 5 nitrogen and oxygen atoms in total. The normalized spacial score (nSPS) is 10.5. The van der Waals surface area contributed by atoms with Crippen LogP contribution in [0.2, 0.25) is 5.02 Å². The largest absolute Gasteiger partial charge is 0.487 e. The predicted octanol–water partition coefficient (Wildman–Crippen LogP) is 4.27. The molecule has 6 heteroatoms. The third-order valence-corrected chi connectivity index (χ3v) is 3.51. The van der Waals surface area contributed by atoms with E-state index in [-0.39, 0.29) is 5.76 Å². The molecule has 0 fully saturated rings. The van der Waals surface area contributed by atoms with Crippen LogP contribution in [-0.4, -0.2) is 16.2 Å². The number of aromatic nitrogens is 1. The summed E-state index contributed by atoms with van der Waals surface area (Å²) < 4.78 is 10.4. The molecule has 0 aliphatic rings. The van der Waals surface area contributed by atoms with Crippen LogP contribution in [0, 0.1) is 0 Å². The van der Waals surface area contributed by atoms with Crippen molar-refractivity contribution in [3.63, 3.8) is 0 Å². The van der Waals surface area contributed by atoms with Gasteiger partial charge in [0, 0.05) is 11.6 Å². The Morgan fingerprint density at radius 2 is 1.91 bits per heavy atom. The van der Waals surface area contributed by atoms with Gasteiger partial charge in [0.25, 0.3) is 0 Å². The van der Waals surface area contributed by atoms with E-state index in [0.717, 1.165) is 11.1 Å². The first-order valence-electron chi connectivity index (χ1n) is 6.80. The second-order valence-corrected chi connectivity index (χ2v) is 5.20. The average molecular weight is 330 g/mol. The number of para-hydroxylation sites is 1. The molecule has 0 amide bonds. The van der Waals surface area contributed by atoms with Crippen LogP contribution < -0.4 is 4.74 Å². The van der Waals surface area contributed by atoms with Crippen molar-refractivity contribution in [2.75, 3.05) is 0 Å². The van der Waals surface area contributed by atoms with E-state index in [4.69, 9.17) is 26.0 Å². The zero-order chi connectivity index (χ0) is 16.2.